The van der Waals surface area contributed by atoms with E-state index in [0.717, 1.165) is 35.9 Å². The Balaban J connectivity index is 1.41. The number of carbonyl (C=O) groups excluding carboxylic acids is 1. The summed E-state index contributed by atoms with van der Waals surface area (Å²) in [4.78, 5) is 24.4. The zero-order chi connectivity index (χ0) is 18.6. The molecular formula is C19H20N4O3S. The molecule has 0 bridgehead atoms. The first-order valence-electron chi connectivity index (χ1n) is 8.88. The average molecular weight is 384 g/mol. The summed E-state index contributed by atoms with van der Waals surface area (Å²) in [6, 6.07) is 13.7. The van der Waals surface area contributed by atoms with Gasteiger partial charge in [-0.05, 0) is 24.3 Å². The van der Waals surface area contributed by atoms with Gasteiger partial charge in [-0.1, -0.05) is 48.2 Å². The van der Waals surface area contributed by atoms with Crippen LogP contribution in [0.5, 0.6) is 0 Å². The molecule has 27 heavy (non-hydrogen) atoms. The second-order valence-electron chi connectivity index (χ2n) is 6.42. The predicted molar refractivity (Wildman–Crippen MR) is 105 cm³/mol. The van der Waals surface area contributed by atoms with Crippen LogP contribution < -0.4 is 11.0 Å². The molecule has 1 amide bonds. The van der Waals surface area contributed by atoms with E-state index in [9.17, 15) is 9.59 Å². The second kappa shape index (κ2) is 7.98. The molecule has 1 unspecified atom stereocenters. The van der Waals surface area contributed by atoms with Crippen molar-refractivity contribution in [3.63, 3.8) is 0 Å². The molecule has 2 N–H and O–H groups in total. The summed E-state index contributed by atoms with van der Waals surface area (Å²) in [6.45, 7) is 1.19. The molecule has 3 aromatic rings. The van der Waals surface area contributed by atoms with Crippen LogP contribution in [0.3, 0.4) is 0 Å². The monoisotopic (exact) mass is 384 g/mol. The first kappa shape index (κ1) is 17.8. The number of benzene rings is 2. The number of H-pyrrole nitrogens is 1. The number of thioether (sulfide) groups is 1. The van der Waals surface area contributed by atoms with Crippen molar-refractivity contribution >= 4 is 34.1 Å². The summed E-state index contributed by atoms with van der Waals surface area (Å²) < 4.78 is 7.14. The van der Waals surface area contributed by atoms with Gasteiger partial charge in [0.2, 0.25) is 5.91 Å². The Morgan fingerprint density at radius 1 is 1.30 bits per heavy atom. The fourth-order valence-corrected chi connectivity index (χ4v) is 3.97. The molecule has 1 aromatic heterocycles. The summed E-state index contributed by atoms with van der Waals surface area (Å²) >= 11 is 1.24. The Labute approximate surface area is 160 Å². The highest BCUT2D eigenvalue weighted by Gasteiger charge is 2.20. The molecular weight excluding hydrogens is 364 g/mol. The van der Waals surface area contributed by atoms with E-state index in [0.29, 0.717) is 11.7 Å². The van der Waals surface area contributed by atoms with Crippen molar-refractivity contribution in [2.24, 2.45) is 0 Å². The zero-order valence-electron chi connectivity index (χ0n) is 14.7. The van der Waals surface area contributed by atoms with E-state index in [4.69, 9.17) is 4.74 Å². The average Bonchev–Trinajstić information content (AvgIpc) is 3.32. The number of hydrogen-bond acceptors (Lipinski definition) is 5. The van der Waals surface area contributed by atoms with Gasteiger partial charge in [0.1, 0.15) is 0 Å². The molecule has 0 saturated carbocycles. The van der Waals surface area contributed by atoms with Gasteiger partial charge in [0, 0.05) is 17.7 Å². The van der Waals surface area contributed by atoms with Gasteiger partial charge in [-0.3, -0.25) is 9.36 Å². The van der Waals surface area contributed by atoms with Crippen LogP contribution in [-0.2, 0) is 16.1 Å². The minimum atomic E-state index is -0.275. The number of rotatable bonds is 6. The second-order valence-corrected chi connectivity index (χ2v) is 7.36. The van der Waals surface area contributed by atoms with E-state index >= 15 is 0 Å². The molecule has 1 saturated heterocycles. The molecule has 1 aliphatic rings. The van der Waals surface area contributed by atoms with Crippen molar-refractivity contribution in [3.05, 3.63) is 52.9 Å². The summed E-state index contributed by atoms with van der Waals surface area (Å²) in [5.41, 5.74) is 0.500. The van der Waals surface area contributed by atoms with E-state index in [1.54, 1.807) is 4.57 Å². The highest BCUT2D eigenvalue weighted by atomic mass is 32.2. The number of aromatic amines is 1. The Hall–Kier alpha value is -2.58. The quantitative estimate of drug-likeness (QED) is 0.638. The first-order valence-corrected chi connectivity index (χ1v) is 9.86. The minimum absolute atomic E-state index is 0.0316. The van der Waals surface area contributed by atoms with E-state index in [1.807, 2.05) is 42.5 Å². The zero-order valence-corrected chi connectivity index (χ0v) is 15.5. The maximum absolute atomic E-state index is 12.4. The third-order valence-electron chi connectivity index (χ3n) is 4.53. The molecule has 2 heterocycles. The van der Waals surface area contributed by atoms with E-state index in [2.05, 4.69) is 15.5 Å². The van der Waals surface area contributed by atoms with Gasteiger partial charge >= 0.3 is 5.69 Å². The van der Waals surface area contributed by atoms with Gasteiger partial charge in [-0.15, -0.1) is 5.10 Å². The largest absolute Gasteiger partial charge is 0.376 e. The van der Waals surface area contributed by atoms with Crippen molar-refractivity contribution in [2.45, 2.75) is 30.6 Å². The lowest BCUT2D eigenvalue weighted by atomic mass is 10.1. The smallest absolute Gasteiger partial charge is 0.344 e. The number of amides is 1. The normalized spacial score (nSPS) is 16.7. The lowest BCUT2D eigenvalue weighted by Crippen LogP contribution is -2.25. The van der Waals surface area contributed by atoms with Crippen LogP contribution in [0.2, 0.25) is 0 Å². The minimum Gasteiger partial charge on any atom is -0.376 e. The molecule has 0 spiro atoms. The molecule has 7 nitrogen and oxygen atoms in total. The summed E-state index contributed by atoms with van der Waals surface area (Å²) in [6.07, 6.45) is 1.97. The maximum atomic E-state index is 12.4. The fourth-order valence-electron chi connectivity index (χ4n) is 3.22. The van der Waals surface area contributed by atoms with Crippen LogP contribution in [0.4, 0.5) is 5.69 Å². The molecule has 2 aromatic carbocycles. The fraction of sp³-hybridized carbons (Fsp3) is 0.316. The summed E-state index contributed by atoms with van der Waals surface area (Å²) in [5.74, 6) is 0.0226. The Morgan fingerprint density at radius 3 is 3.00 bits per heavy atom. The Bertz CT molecular complexity index is 1000. The number of nitrogens with one attached hydrogen (secondary N) is 2. The topological polar surface area (TPSA) is 89.0 Å². The highest BCUT2D eigenvalue weighted by molar-refractivity contribution is 7.99. The van der Waals surface area contributed by atoms with E-state index in [-0.39, 0.29) is 23.5 Å². The van der Waals surface area contributed by atoms with Gasteiger partial charge in [0.25, 0.3) is 0 Å². The van der Waals surface area contributed by atoms with Crippen LogP contribution in [0.25, 0.3) is 10.8 Å². The van der Waals surface area contributed by atoms with Gasteiger partial charge in [0.05, 0.1) is 18.4 Å². The molecule has 1 fully saturated rings. The summed E-state index contributed by atoms with van der Waals surface area (Å²) in [5, 5.41) is 12.0. The SMILES string of the molecule is O=C(CSc1n[nH]c(=O)n1CC1CCCO1)Nc1cccc2ccccc12. The van der Waals surface area contributed by atoms with Crippen molar-refractivity contribution < 1.29 is 9.53 Å². The van der Waals surface area contributed by atoms with E-state index < -0.39 is 0 Å². The molecule has 0 radical (unpaired) electrons. The number of aromatic nitrogens is 3. The molecule has 4 rings (SSSR count). The number of carbonyl (C=O) groups is 1. The number of anilines is 1. The van der Waals surface area contributed by atoms with Gasteiger partial charge in [0.15, 0.2) is 5.16 Å². The molecule has 0 aliphatic carbocycles. The molecule has 1 atom stereocenters. The van der Waals surface area contributed by atoms with Gasteiger partial charge in [-0.2, -0.15) is 0 Å². The van der Waals surface area contributed by atoms with E-state index in [1.165, 1.54) is 11.8 Å². The lowest BCUT2D eigenvalue weighted by molar-refractivity contribution is -0.113. The van der Waals surface area contributed by atoms with Crippen LogP contribution in [0.1, 0.15) is 12.8 Å². The van der Waals surface area contributed by atoms with Gasteiger partial charge in [-0.25, -0.2) is 9.89 Å². The first-order chi connectivity index (χ1) is 13.2. The number of ether oxygens (including phenoxy) is 1. The Kier molecular flexibility index (Phi) is 5.26. The third-order valence-corrected chi connectivity index (χ3v) is 5.51. The molecule has 140 valence electrons. The molecule has 1 aliphatic heterocycles. The Morgan fingerprint density at radius 2 is 2.15 bits per heavy atom. The third kappa shape index (κ3) is 4.06. The van der Waals surface area contributed by atoms with Gasteiger partial charge < -0.3 is 10.1 Å². The van der Waals surface area contributed by atoms with Crippen molar-refractivity contribution in [3.8, 4) is 0 Å². The number of fused-ring (bicyclic) bond motifs is 1. The standard InChI is InChI=1S/C19H20N4O3S/c24-17(20-16-9-3-6-13-5-1-2-8-15(13)16)12-27-19-22-21-18(25)23(19)11-14-7-4-10-26-14/h1-3,5-6,8-9,14H,4,7,10-12H2,(H,20,24)(H,21,25). The predicted octanol–water partition coefficient (Wildman–Crippen LogP) is 2.63. The van der Waals surface area contributed by atoms with Crippen molar-refractivity contribution in [2.75, 3.05) is 17.7 Å². The van der Waals surface area contributed by atoms with Crippen LogP contribution in [0, 0.1) is 0 Å². The van der Waals surface area contributed by atoms with Crippen molar-refractivity contribution in [1.82, 2.24) is 14.8 Å². The lowest BCUT2D eigenvalue weighted by Gasteiger charge is -2.11. The highest BCUT2D eigenvalue weighted by Crippen LogP contribution is 2.24. The van der Waals surface area contributed by atoms with Crippen LogP contribution in [0.15, 0.2) is 52.4 Å². The van der Waals surface area contributed by atoms with Crippen LogP contribution in [-0.4, -0.2) is 39.1 Å². The number of hydrogen-bond donors (Lipinski definition) is 2. The van der Waals surface area contributed by atoms with Crippen molar-refractivity contribution in [1.29, 1.82) is 0 Å². The maximum Gasteiger partial charge on any atom is 0.344 e. The van der Waals surface area contributed by atoms with Crippen LogP contribution >= 0.6 is 11.8 Å². The number of nitrogens with zero attached hydrogens (tertiary/aromatic N) is 2. The summed E-state index contributed by atoms with van der Waals surface area (Å²) in [7, 11) is 0. The molecule has 8 heteroatoms.